The molecule has 0 aliphatic heterocycles. The Morgan fingerprint density at radius 1 is 1.29 bits per heavy atom. The molecule has 0 bridgehead atoms. The van der Waals surface area contributed by atoms with Crippen molar-refractivity contribution in [1.82, 2.24) is 14.9 Å². The van der Waals surface area contributed by atoms with Gasteiger partial charge in [0.1, 0.15) is 5.82 Å². The summed E-state index contributed by atoms with van der Waals surface area (Å²) in [5.74, 6) is -0.407. The van der Waals surface area contributed by atoms with Gasteiger partial charge in [-0.15, -0.1) is 0 Å². The third kappa shape index (κ3) is 6.09. The second-order valence-electron chi connectivity index (χ2n) is 5.49. The standard InChI is InChI=1S/C14H24FN3O2S/c1-11(2)16-10-12-9-13(5-6-14(12)15)21(19,20)17-7-8-18(3)4/h5-6,9,11,16-17H,7-8,10H2,1-4H3. The van der Waals surface area contributed by atoms with Crippen LogP contribution in [0.3, 0.4) is 0 Å². The van der Waals surface area contributed by atoms with Gasteiger partial charge in [-0.1, -0.05) is 13.8 Å². The van der Waals surface area contributed by atoms with Crippen LogP contribution in [-0.4, -0.2) is 46.5 Å². The fraction of sp³-hybridized carbons (Fsp3) is 0.571. The van der Waals surface area contributed by atoms with E-state index in [1.54, 1.807) is 0 Å². The number of likely N-dealkylation sites (N-methyl/N-ethyl adjacent to an activating group) is 1. The molecule has 0 aromatic heterocycles. The molecule has 1 aromatic rings. The van der Waals surface area contributed by atoms with Crippen molar-refractivity contribution in [1.29, 1.82) is 0 Å². The summed E-state index contributed by atoms with van der Waals surface area (Å²) in [6.07, 6.45) is 0. The summed E-state index contributed by atoms with van der Waals surface area (Å²) in [7, 11) is 0.121. The van der Waals surface area contributed by atoms with Crippen LogP contribution in [0.4, 0.5) is 4.39 Å². The summed E-state index contributed by atoms with van der Waals surface area (Å²) >= 11 is 0. The van der Waals surface area contributed by atoms with Crippen LogP contribution in [0.2, 0.25) is 0 Å². The Hall–Kier alpha value is -1.02. The predicted octanol–water partition coefficient (Wildman–Crippen LogP) is 1.16. The fourth-order valence-corrected chi connectivity index (χ4v) is 2.73. The first-order valence-electron chi connectivity index (χ1n) is 6.88. The van der Waals surface area contributed by atoms with Gasteiger partial charge in [0, 0.05) is 31.2 Å². The Balaban J connectivity index is 2.84. The van der Waals surface area contributed by atoms with Crippen LogP contribution in [-0.2, 0) is 16.6 Å². The van der Waals surface area contributed by atoms with Gasteiger partial charge in [0.15, 0.2) is 0 Å². The molecular weight excluding hydrogens is 293 g/mol. The van der Waals surface area contributed by atoms with E-state index in [1.807, 2.05) is 32.8 Å². The minimum absolute atomic E-state index is 0.0863. The minimum Gasteiger partial charge on any atom is -0.310 e. The molecule has 0 saturated heterocycles. The molecule has 0 radical (unpaired) electrons. The summed E-state index contributed by atoms with van der Waals surface area (Å²) < 4.78 is 40.5. The zero-order valence-corrected chi connectivity index (χ0v) is 13.8. The topological polar surface area (TPSA) is 61.4 Å². The van der Waals surface area contributed by atoms with Crippen molar-refractivity contribution in [3.63, 3.8) is 0 Å². The van der Waals surface area contributed by atoms with E-state index in [0.717, 1.165) is 0 Å². The summed E-state index contributed by atoms with van der Waals surface area (Å²) in [6, 6.07) is 4.05. The highest BCUT2D eigenvalue weighted by atomic mass is 32.2. The number of benzene rings is 1. The minimum atomic E-state index is -3.60. The van der Waals surface area contributed by atoms with Gasteiger partial charge in [0.05, 0.1) is 4.90 Å². The van der Waals surface area contributed by atoms with Crippen molar-refractivity contribution in [2.45, 2.75) is 31.3 Å². The van der Waals surface area contributed by atoms with E-state index in [4.69, 9.17) is 0 Å². The van der Waals surface area contributed by atoms with E-state index < -0.39 is 15.8 Å². The lowest BCUT2D eigenvalue weighted by Crippen LogP contribution is -2.31. The van der Waals surface area contributed by atoms with Crippen molar-refractivity contribution in [2.75, 3.05) is 27.2 Å². The molecule has 0 saturated carbocycles. The molecule has 0 heterocycles. The molecule has 0 aliphatic carbocycles. The number of hydrogen-bond acceptors (Lipinski definition) is 4. The molecule has 0 aliphatic rings. The molecule has 0 amide bonds. The molecule has 7 heteroatoms. The normalized spacial score (nSPS) is 12.3. The Labute approximate surface area is 126 Å². The van der Waals surface area contributed by atoms with Crippen LogP contribution in [0.5, 0.6) is 0 Å². The van der Waals surface area contributed by atoms with Gasteiger partial charge >= 0.3 is 0 Å². The Morgan fingerprint density at radius 3 is 2.52 bits per heavy atom. The highest BCUT2D eigenvalue weighted by Gasteiger charge is 2.16. The summed E-state index contributed by atoms with van der Waals surface area (Å²) in [5, 5.41) is 3.08. The van der Waals surface area contributed by atoms with Crippen molar-refractivity contribution in [2.24, 2.45) is 0 Å². The van der Waals surface area contributed by atoms with Crippen LogP contribution in [0.15, 0.2) is 23.1 Å². The van der Waals surface area contributed by atoms with Gasteiger partial charge in [0.25, 0.3) is 0 Å². The van der Waals surface area contributed by atoms with Crippen molar-refractivity contribution < 1.29 is 12.8 Å². The molecular formula is C14H24FN3O2S. The van der Waals surface area contributed by atoms with Crippen LogP contribution in [0, 0.1) is 5.82 Å². The predicted molar refractivity (Wildman–Crippen MR) is 82.1 cm³/mol. The zero-order chi connectivity index (χ0) is 16.0. The van der Waals surface area contributed by atoms with Crippen LogP contribution < -0.4 is 10.0 Å². The number of halogens is 1. The average Bonchev–Trinajstić information content (AvgIpc) is 2.36. The first-order chi connectivity index (χ1) is 9.72. The molecule has 0 fully saturated rings. The van der Waals surface area contributed by atoms with E-state index in [2.05, 4.69) is 10.0 Å². The molecule has 120 valence electrons. The lowest BCUT2D eigenvalue weighted by atomic mass is 10.2. The monoisotopic (exact) mass is 317 g/mol. The third-order valence-corrected chi connectivity index (χ3v) is 4.34. The van der Waals surface area contributed by atoms with Gasteiger partial charge in [-0.25, -0.2) is 17.5 Å². The summed E-state index contributed by atoms with van der Waals surface area (Å²) in [6.45, 7) is 5.10. The smallest absolute Gasteiger partial charge is 0.240 e. The van der Waals surface area contributed by atoms with Gasteiger partial charge in [-0.3, -0.25) is 0 Å². The van der Waals surface area contributed by atoms with Gasteiger partial charge in [-0.2, -0.15) is 0 Å². The van der Waals surface area contributed by atoms with Crippen LogP contribution in [0.25, 0.3) is 0 Å². The Morgan fingerprint density at radius 2 is 1.95 bits per heavy atom. The third-order valence-electron chi connectivity index (χ3n) is 2.88. The number of hydrogen-bond donors (Lipinski definition) is 2. The van der Waals surface area contributed by atoms with Crippen LogP contribution >= 0.6 is 0 Å². The fourth-order valence-electron chi connectivity index (χ4n) is 1.65. The largest absolute Gasteiger partial charge is 0.310 e. The highest BCUT2D eigenvalue weighted by molar-refractivity contribution is 7.89. The maximum absolute atomic E-state index is 13.7. The molecule has 21 heavy (non-hydrogen) atoms. The molecule has 0 atom stereocenters. The summed E-state index contributed by atoms with van der Waals surface area (Å²) in [4.78, 5) is 1.97. The summed E-state index contributed by atoms with van der Waals surface area (Å²) in [5.41, 5.74) is 0.346. The Bertz CT molecular complexity index is 559. The second kappa shape index (κ2) is 7.84. The second-order valence-corrected chi connectivity index (χ2v) is 7.26. The van der Waals surface area contributed by atoms with E-state index in [-0.39, 0.29) is 10.9 Å². The molecule has 0 spiro atoms. The van der Waals surface area contributed by atoms with E-state index in [9.17, 15) is 12.8 Å². The number of nitrogens with one attached hydrogen (secondary N) is 2. The maximum atomic E-state index is 13.7. The van der Waals surface area contributed by atoms with Crippen molar-refractivity contribution >= 4 is 10.0 Å². The van der Waals surface area contributed by atoms with E-state index in [0.29, 0.717) is 25.2 Å². The van der Waals surface area contributed by atoms with Crippen molar-refractivity contribution in [3.8, 4) is 0 Å². The van der Waals surface area contributed by atoms with Crippen LogP contribution in [0.1, 0.15) is 19.4 Å². The number of rotatable bonds is 8. The van der Waals surface area contributed by atoms with E-state index >= 15 is 0 Å². The SMILES string of the molecule is CC(C)NCc1cc(S(=O)(=O)NCCN(C)C)ccc1F. The molecule has 1 rings (SSSR count). The lowest BCUT2D eigenvalue weighted by Gasteiger charge is -2.13. The number of nitrogens with zero attached hydrogens (tertiary/aromatic N) is 1. The molecule has 2 N–H and O–H groups in total. The van der Waals surface area contributed by atoms with Gasteiger partial charge in [0.2, 0.25) is 10.0 Å². The van der Waals surface area contributed by atoms with Gasteiger partial charge < -0.3 is 10.2 Å². The highest BCUT2D eigenvalue weighted by Crippen LogP contribution is 2.15. The average molecular weight is 317 g/mol. The van der Waals surface area contributed by atoms with E-state index in [1.165, 1.54) is 18.2 Å². The van der Waals surface area contributed by atoms with Gasteiger partial charge in [-0.05, 0) is 32.3 Å². The molecule has 0 unspecified atom stereocenters. The van der Waals surface area contributed by atoms with Crippen molar-refractivity contribution in [3.05, 3.63) is 29.6 Å². The lowest BCUT2D eigenvalue weighted by molar-refractivity contribution is 0.412. The molecule has 1 aromatic carbocycles. The quantitative estimate of drug-likeness (QED) is 0.755. The first kappa shape index (κ1) is 18.0. The molecule has 5 nitrogen and oxygen atoms in total. The number of sulfonamides is 1. The maximum Gasteiger partial charge on any atom is 0.240 e. The first-order valence-corrected chi connectivity index (χ1v) is 8.37. The Kier molecular flexibility index (Phi) is 6.73. The zero-order valence-electron chi connectivity index (χ0n) is 13.0.